The molecule has 0 amide bonds. The predicted molar refractivity (Wildman–Crippen MR) is 97.4 cm³/mol. The molecule has 5 rings (SSSR count). The van der Waals surface area contributed by atoms with E-state index in [0.717, 1.165) is 5.71 Å². The van der Waals surface area contributed by atoms with Crippen molar-refractivity contribution in [1.82, 2.24) is 4.57 Å². The minimum Gasteiger partial charge on any atom is -0.448 e. The first-order valence-corrected chi connectivity index (χ1v) is 9.06. The largest absolute Gasteiger partial charge is 0.448 e. The highest BCUT2D eigenvalue weighted by molar-refractivity contribution is 5.85. The van der Waals surface area contributed by atoms with E-state index in [-0.39, 0.29) is 5.54 Å². The van der Waals surface area contributed by atoms with Crippen molar-refractivity contribution < 1.29 is 4.42 Å². The number of anilines is 1. The maximum absolute atomic E-state index is 5.81. The van der Waals surface area contributed by atoms with Crippen molar-refractivity contribution in [2.24, 2.45) is 7.05 Å². The zero-order chi connectivity index (χ0) is 16.5. The number of para-hydroxylation sites is 1. The molecule has 1 aliphatic heterocycles. The van der Waals surface area contributed by atoms with Gasteiger partial charge in [0.25, 0.3) is 0 Å². The molecule has 1 atom stereocenters. The minimum absolute atomic E-state index is 0.122. The third kappa shape index (κ3) is 1.53. The average molecular weight is 320 g/mol. The fourth-order valence-electron chi connectivity index (χ4n) is 5.49. The molecule has 1 aromatic carbocycles. The van der Waals surface area contributed by atoms with Crippen molar-refractivity contribution in [3.8, 4) is 0 Å². The van der Waals surface area contributed by atoms with Crippen molar-refractivity contribution in [3.63, 3.8) is 0 Å². The molecular weight excluding hydrogens is 296 g/mol. The van der Waals surface area contributed by atoms with Crippen LogP contribution in [-0.2, 0) is 12.6 Å². The Balaban J connectivity index is 1.82. The second kappa shape index (κ2) is 4.69. The van der Waals surface area contributed by atoms with E-state index >= 15 is 0 Å². The van der Waals surface area contributed by atoms with Crippen LogP contribution in [0.25, 0.3) is 11.1 Å². The summed E-state index contributed by atoms with van der Waals surface area (Å²) in [6, 6.07) is 11.4. The summed E-state index contributed by atoms with van der Waals surface area (Å²) in [5, 5.41) is 1.29. The van der Waals surface area contributed by atoms with Crippen LogP contribution in [0.5, 0.6) is 0 Å². The third-order valence-electron chi connectivity index (χ3n) is 6.34. The lowest BCUT2D eigenvalue weighted by Crippen LogP contribution is -2.41. The number of furan rings is 1. The lowest BCUT2D eigenvalue weighted by Gasteiger charge is -2.41. The highest BCUT2D eigenvalue weighted by Crippen LogP contribution is 2.58. The molecular formula is C21H24N2O. The Morgan fingerprint density at radius 2 is 1.88 bits per heavy atom. The molecule has 2 aromatic heterocycles. The van der Waals surface area contributed by atoms with Crippen LogP contribution in [0.15, 0.2) is 41.0 Å². The Morgan fingerprint density at radius 1 is 1.12 bits per heavy atom. The molecule has 1 fully saturated rings. The molecule has 1 saturated carbocycles. The summed E-state index contributed by atoms with van der Waals surface area (Å²) >= 11 is 0. The minimum atomic E-state index is 0.122. The van der Waals surface area contributed by atoms with Crippen LogP contribution in [0.4, 0.5) is 5.69 Å². The molecule has 0 saturated heterocycles. The molecule has 0 N–H and O–H groups in total. The zero-order valence-corrected chi connectivity index (χ0v) is 14.7. The van der Waals surface area contributed by atoms with Crippen LogP contribution in [-0.4, -0.2) is 4.57 Å². The van der Waals surface area contributed by atoms with Crippen molar-refractivity contribution >= 4 is 16.8 Å². The summed E-state index contributed by atoms with van der Waals surface area (Å²) in [5.41, 5.74) is 6.88. The first-order chi connectivity index (χ1) is 11.6. The van der Waals surface area contributed by atoms with Gasteiger partial charge < -0.3 is 13.9 Å². The first kappa shape index (κ1) is 14.2. The van der Waals surface area contributed by atoms with E-state index in [1.165, 1.54) is 53.6 Å². The van der Waals surface area contributed by atoms with E-state index in [0.29, 0.717) is 6.04 Å². The molecule has 3 aromatic rings. The first-order valence-electron chi connectivity index (χ1n) is 9.06. The number of benzene rings is 1. The van der Waals surface area contributed by atoms with Gasteiger partial charge in [-0.3, -0.25) is 0 Å². The molecule has 124 valence electrons. The third-order valence-corrected chi connectivity index (χ3v) is 6.34. The summed E-state index contributed by atoms with van der Waals surface area (Å²) in [6.45, 7) is 4.60. The highest BCUT2D eigenvalue weighted by Gasteiger charge is 2.53. The number of aryl methyl sites for hydroxylation is 2. The summed E-state index contributed by atoms with van der Waals surface area (Å²) in [6.07, 6.45) is 6.91. The fraction of sp³-hybridized carbons (Fsp3) is 0.429. The fourth-order valence-corrected chi connectivity index (χ4v) is 5.49. The normalized spacial score (nSPS) is 22.0. The van der Waals surface area contributed by atoms with Crippen LogP contribution in [0.2, 0.25) is 0 Å². The van der Waals surface area contributed by atoms with Crippen LogP contribution in [0, 0.1) is 6.92 Å². The van der Waals surface area contributed by atoms with Gasteiger partial charge in [-0.25, -0.2) is 0 Å². The average Bonchev–Trinajstić information content (AvgIpc) is 3.30. The molecule has 24 heavy (non-hydrogen) atoms. The van der Waals surface area contributed by atoms with Gasteiger partial charge in [0.05, 0.1) is 23.5 Å². The number of rotatable bonds is 1. The van der Waals surface area contributed by atoms with Gasteiger partial charge >= 0.3 is 0 Å². The van der Waals surface area contributed by atoms with Crippen LogP contribution >= 0.6 is 0 Å². The van der Waals surface area contributed by atoms with Gasteiger partial charge in [0.2, 0.25) is 5.71 Å². The number of hydrogen-bond donors (Lipinski definition) is 0. The van der Waals surface area contributed by atoms with Gasteiger partial charge in [-0.1, -0.05) is 31.0 Å². The Morgan fingerprint density at radius 3 is 2.62 bits per heavy atom. The summed E-state index contributed by atoms with van der Waals surface area (Å²) in [5.74, 6) is 0. The summed E-state index contributed by atoms with van der Waals surface area (Å²) in [4.78, 5) is 2.71. The maximum Gasteiger partial charge on any atom is 0.206 e. The van der Waals surface area contributed by atoms with Crippen LogP contribution < -0.4 is 4.90 Å². The van der Waals surface area contributed by atoms with Gasteiger partial charge in [-0.05, 0) is 44.4 Å². The van der Waals surface area contributed by atoms with Gasteiger partial charge in [-0.2, -0.15) is 0 Å². The van der Waals surface area contributed by atoms with E-state index in [4.69, 9.17) is 4.42 Å². The quantitative estimate of drug-likeness (QED) is 0.596. The smallest absolute Gasteiger partial charge is 0.206 e. The molecule has 1 aliphatic carbocycles. The van der Waals surface area contributed by atoms with E-state index in [1.807, 2.05) is 6.26 Å². The van der Waals surface area contributed by atoms with E-state index < -0.39 is 0 Å². The second-order valence-corrected chi connectivity index (χ2v) is 7.53. The SMILES string of the molecule is Cc1ccccc1N1[C@@H](C)c2c(n(C)c3occc23)C12CCCC2. The van der Waals surface area contributed by atoms with Gasteiger partial charge in [0.15, 0.2) is 0 Å². The van der Waals surface area contributed by atoms with Gasteiger partial charge in [-0.15, -0.1) is 0 Å². The molecule has 3 nitrogen and oxygen atoms in total. The number of aromatic nitrogens is 1. The molecule has 3 heterocycles. The summed E-state index contributed by atoms with van der Waals surface area (Å²) in [7, 11) is 2.18. The van der Waals surface area contributed by atoms with Crippen LogP contribution in [0.3, 0.4) is 0 Å². The maximum atomic E-state index is 5.81. The number of fused-ring (bicyclic) bond motifs is 4. The lowest BCUT2D eigenvalue weighted by molar-refractivity contribution is 0.395. The zero-order valence-electron chi connectivity index (χ0n) is 14.7. The van der Waals surface area contributed by atoms with Crippen molar-refractivity contribution in [2.75, 3.05) is 4.90 Å². The Hall–Kier alpha value is -2.16. The van der Waals surface area contributed by atoms with Crippen molar-refractivity contribution in [2.45, 2.75) is 51.1 Å². The Labute approximate surface area is 142 Å². The molecule has 0 bridgehead atoms. The molecule has 0 radical (unpaired) electrons. The summed E-state index contributed by atoms with van der Waals surface area (Å²) < 4.78 is 8.13. The predicted octanol–water partition coefficient (Wildman–Crippen LogP) is 5.43. The number of nitrogens with zero attached hydrogens (tertiary/aromatic N) is 2. The van der Waals surface area contributed by atoms with E-state index in [9.17, 15) is 0 Å². The Kier molecular flexibility index (Phi) is 2.77. The molecule has 0 unspecified atom stereocenters. The highest BCUT2D eigenvalue weighted by atomic mass is 16.3. The van der Waals surface area contributed by atoms with Crippen molar-refractivity contribution in [1.29, 1.82) is 0 Å². The standard InChI is InChI=1S/C21H24N2O/c1-14-8-4-5-9-17(14)23-15(2)18-16-10-13-24-20(16)22(3)19(18)21(23)11-6-7-12-21/h4-5,8-10,13,15H,6-7,11-12H2,1-3H3/t15-/m0/s1. The van der Waals surface area contributed by atoms with Crippen molar-refractivity contribution in [3.05, 3.63) is 53.4 Å². The molecule has 1 spiro atoms. The molecule has 3 heteroatoms. The number of hydrogen-bond acceptors (Lipinski definition) is 2. The molecule has 2 aliphatic rings. The van der Waals surface area contributed by atoms with Crippen LogP contribution in [0.1, 0.15) is 55.5 Å². The second-order valence-electron chi connectivity index (χ2n) is 7.53. The van der Waals surface area contributed by atoms with Gasteiger partial charge in [0, 0.05) is 23.7 Å². The lowest BCUT2D eigenvalue weighted by atomic mass is 9.92. The van der Waals surface area contributed by atoms with Gasteiger partial charge in [0.1, 0.15) is 0 Å². The Bertz CT molecular complexity index is 927. The monoisotopic (exact) mass is 320 g/mol. The topological polar surface area (TPSA) is 21.3 Å². The van der Waals surface area contributed by atoms with E-state index in [1.54, 1.807) is 0 Å². The van der Waals surface area contributed by atoms with E-state index in [2.05, 4.69) is 60.7 Å².